The first-order valence-electron chi connectivity index (χ1n) is 10.3. The quantitative estimate of drug-likeness (QED) is 0.275. The fourth-order valence-electron chi connectivity index (χ4n) is 3.80. The molecule has 0 aliphatic carbocycles. The molecule has 3 aromatic rings. The summed E-state index contributed by atoms with van der Waals surface area (Å²) < 4.78 is 83.4. The molecule has 0 bridgehead atoms. The Balaban J connectivity index is 1.59. The summed E-state index contributed by atoms with van der Waals surface area (Å²) in [5.74, 6) is -5.80. The highest BCUT2D eigenvalue weighted by atomic mass is 35.5. The highest BCUT2D eigenvalue weighted by Gasteiger charge is 2.62. The topological polar surface area (TPSA) is 54.8 Å². The molecule has 0 saturated heterocycles. The van der Waals surface area contributed by atoms with Gasteiger partial charge in [0.05, 0.1) is 12.3 Å². The van der Waals surface area contributed by atoms with Crippen LogP contribution in [0.2, 0.25) is 4.47 Å². The van der Waals surface area contributed by atoms with E-state index < -0.39 is 41.2 Å². The Kier molecular flexibility index (Phi) is 6.78. The SMILES string of the molecule is Cc1cc(C2=NOC(c3cc(F)c(F)c(F)c3)(C(F)(F)F)C2)ccc1C(=O)N(C)Cc1cnc(Cl)s1. The van der Waals surface area contributed by atoms with Gasteiger partial charge in [-0.1, -0.05) is 22.8 Å². The Morgan fingerprint density at radius 3 is 2.42 bits per heavy atom. The average molecular weight is 548 g/mol. The van der Waals surface area contributed by atoms with E-state index in [9.17, 15) is 31.1 Å². The summed E-state index contributed by atoms with van der Waals surface area (Å²) >= 11 is 7.04. The van der Waals surface area contributed by atoms with Crippen LogP contribution in [0.25, 0.3) is 0 Å². The minimum Gasteiger partial charge on any atom is -0.374 e. The lowest BCUT2D eigenvalue weighted by atomic mass is 9.86. The third-order valence-corrected chi connectivity index (χ3v) is 6.79. The molecule has 0 N–H and O–H groups in total. The van der Waals surface area contributed by atoms with Crippen LogP contribution in [0.4, 0.5) is 26.3 Å². The maximum Gasteiger partial charge on any atom is 0.435 e. The molecule has 1 aromatic heterocycles. The lowest BCUT2D eigenvalue weighted by molar-refractivity contribution is -0.276. The summed E-state index contributed by atoms with van der Waals surface area (Å²) in [7, 11) is 1.58. The van der Waals surface area contributed by atoms with Crippen LogP contribution >= 0.6 is 22.9 Å². The number of rotatable bonds is 5. The smallest absolute Gasteiger partial charge is 0.374 e. The molecule has 1 aliphatic rings. The molecule has 0 saturated carbocycles. The Bertz CT molecular complexity index is 1350. The number of alkyl halides is 3. The molecule has 0 radical (unpaired) electrons. The van der Waals surface area contributed by atoms with Gasteiger partial charge in [0.15, 0.2) is 21.9 Å². The van der Waals surface area contributed by atoms with E-state index in [1.807, 2.05) is 0 Å². The van der Waals surface area contributed by atoms with Crippen molar-refractivity contribution in [1.82, 2.24) is 9.88 Å². The largest absolute Gasteiger partial charge is 0.435 e. The average Bonchev–Trinajstić information content (AvgIpc) is 3.43. The van der Waals surface area contributed by atoms with E-state index in [1.165, 1.54) is 34.4 Å². The molecule has 36 heavy (non-hydrogen) atoms. The number of carbonyl (C=O) groups excluding carboxylic acids is 1. The Hall–Kier alpha value is -3.12. The first kappa shape index (κ1) is 26.0. The van der Waals surface area contributed by atoms with Gasteiger partial charge >= 0.3 is 6.18 Å². The van der Waals surface area contributed by atoms with Crippen molar-refractivity contribution in [2.24, 2.45) is 5.16 Å². The van der Waals surface area contributed by atoms with Crippen molar-refractivity contribution in [3.05, 3.63) is 85.6 Å². The van der Waals surface area contributed by atoms with Gasteiger partial charge in [-0.3, -0.25) is 4.79 Å². The molecule has 1 atom stereocenters. The second-order valence-corrected chi connectivity index (χ2v) is 9.85. The second kappa shape index (κ2) is 9.40. The van der Waals surface area contributed by atoms with E-state index in [0.717, 1.165) is 4.88 Å². The molecule has 5 nitrogen and oxygen atoms in total. The zero-order valence-electron chi connectivity index (χ0n) is 18.6. The van der Waals surface area contributed by atoms with Gasteiger partial charge in [0.25, 0.3) is 11.5 Å². The molecule has 0 spiro atoms. The molecular formula is C23H16ClF6N3O2S. The molecule has 4 rings (SSSR count). The second-order valence-electron chi connectivity index (χ2n) is 8.16. The van der Waals surface area contributed by atoms with E-state index in [4.69, 9.17) is 16.4 Å². The first-order valence-corrected chi connectivity index (χ1v) is 11.5. The standard InChI is InChI=1S/C23H16ClF6N3O2S/c1-11-5-12(3-4-15(11)20(34)33(2)10-14-9-31-21(24)36-14)18-8-22(35-32-18,23(28,29)30)13-6-16(25)19(27)17(26)7-13/h3-7,9H,8,10H2,1-2H3. The zero-order chi connectivity index (χ0) is 26.4. The predicted molar refractivity (Wildman–Crippen MR) is 120 cm³/mol. The zero-order valence-corrected chi connectivity index (χ0v) is 20.2. The molecule has 1 aliphatic heterocycles. The van der Waals surface area contributed by atoms with Crippen LogP contribution in [-0.4, -0.2) is 34.7 Å². The monoisotopic (exact) mass is 547 g/mol. The minimum absolute atomic E-state index is 0.160. The number of aryl methyl sites for hydroxylation is 1. The normalized spacial score (nSPS) is 17.6. The minimum atomic E-state index is -5.14. The van der Waals surface area contributed by atoms with Crippen molar-refractivity contribution in [2.45, 2.75) is 31.7 Å². The summed E-state index contributed by atoms with van der Waals surface area (Å²) in [6, 6.07) is 4.78. The first-order chi connectivity index (χ1) is 16.8. The van der Waals surface area contributed by atoms with Crippen LogP contribution in [0.15, 0.2) is 41.7 Å². The molecular weight excluding hydrogens is 532 g/mol. The maximum absolute atomic E-state index is 14.1. The fourth-order valence-corrected chi connectivity index (χ4v) is 4.83. The number of nitrogens with zero attached hydrogens (tertiary/aromatic N) is 3. The molecule has 13 heteroatoms. The Morgan fingerprint density at radius 2 is 1.86 bits per heavy atom. The van der Waals surface area contributed by atoms with Crippen molar-refractivity contribution in [3.8, 4) is 0 Å². The van der Waals surface area contributed by atoms with Crippen LogP contribution in [0.3, 0.4) is 0 Å². The third-order valence-electron chi connectivity index (χ3n) is 5.69. The van der Waals surface area contributed by atoms with Crippen LogP contribution in [0.1, 0.15) is 38.3 Å². The number of aromatic nitrogens is 1. The third kappa shape index (κ3) is 4.66. The Labute approximate surface area is 210 Å². The number of amides is 1. The van der Waals surface area contributed by atoms with Crippen molar-refractivity contribution < 1.29 is 36.0 Å². The van der Waals surface area contributed by atoms with E-state index in [1.54, 1.807) is 20.2 Å². The van der Waals surface area contributed by atoms with Crippen LogP contribution in [0, 0.1) is 24.4 Å². The van der Waals surface area contributed by atoms with Crippen LogP contribution in [-0.2, 0) is 17.0 Å². The number of carbonyl (C=O) groups is 1. The summed E-state index contributed by atoms with van der Waals surface area (Å²) in [5.41, 5.74) is -3.35. The summed E-state index contributed by atoms with van der Waals surface area (Å²) in [6.07, 6.45) is -4.50. The van der Waals surface area contributed by atoms with Crippen LogP contribution < -0.4 is 0 Å². The van der Waals surface area contributed by atoms with Crippen molar-refractivity contribution in [3.63, 3.8) is 0 Å². The lowest BCUT2D eigenvalue weighted by Gasteiger charge is -2.29. The van der Waals surface area contributed by atoms with E-state index in [0.29, 0.717) is 15.6 Å². The van der Waals surface area contributed by atoms with Gasteiger partial charge in [-0.25, -0.2) is 18.2 Å². The van der Waals surface area contributed by atoms with Gasteiger partial charge in [-0.2, -0.15) is 13.2 Å². The molecule has 0 fully saturated rings. The van der Waals surface area contributed by atoms with Crippen LogP contribution in [0.5, 0.6) is 0 Å². The summed E-state index contributed by atoms with van der Waals surface area (Å²) in [6.45, 7) is 1.86. The molecule has 2 heterocycles. The number of hydrogen-bond donors (Lipinski definition) is 0. The Morgan fingerprint density at radius 1 is 1.19 bits per heavy atom. The van der Waals surface area contributed by atoms with Gasteiger partial charge in [-0.15, -0.1) is 11.3 Å². The fraction of sp³-hybridized carbons (Fsp3) is 0.261. The highest BCUT2D eigenvalue weighted by Crippen LogP contribution is 2.49. The highest BCUT2D eigenvalue weighted by molar-refractivity contribution is 7.15. The van der Waals surface area contributed by atoms with Gasteiger partial charge in [-0.05, 0) is 42.3 Å². The van der Waals surface area contributed by atoms with E-state index in [-0.39, 0.29) is 35.9 Å². The molecule has 1 unspecified atom stereocenters. The van der Waals surface area contributed by atoms with Gasteiger partial charge in [0, 0.05) is 35.7 Å². The molecule has 1 amide bonds. The predicted octanol–water partition coefficient (Wildman–Crippen LogP) is 6.38. The number of oxime groups is 1. The maximum atomic E-state index is 14.1. The lowest BCUT2D eigenvalue weighted by Crippen LogP contribution is -2.43. The van der Waals surface area contributed by atoms with Crippen molar-refractivity contribution >= 4 is 34.6 Å². The number of benzene rings is 2. The number of thiazole rings is 1. The van der Waals surface area contributed by atoms with Gasteiger partial charge < -0.3 is 9.74 Å². The van der Waals surface area contributed by atoms with E-state index in [2.05, 4.69) is 10.1 Å². The van der Waals surface area contributed by atoms with Gasteiger partial charge in [0.1, 0.15) is 0 Å². The van der Waals surface area contributed by atoms with E-state index >= 15 is 0 Å². The molecule has 2 aromatic carbocycles. The van der Waals surface area contributed by atoms with Crippen molar-refractivity contribution in [2.75, 3.05) is 7.05 Å². The van der Waals surface area contributed by atoms with Gasteiger partial charge in [0.2, 0.25) is 0 Å². The summed E-state index contributed by atoms with van der Waals surface area (Å²) in [4.78, 5) is 23.8. The summed E-state index contributed by atoms with van der Waals surface area (Å²) in [5, 5.41) is 3.54. The number of hydrogen-bond acceptors (Lipinski definition) is 5. The van der Waals surface area contributed by atoms with Crippen molar-refractivity contribution in [1.29, 1.82) is 0 Å². The number of halogens is 7. The molecule has 190 valence electrons.